The first kappa shape index (κ1) is 13.3. The fourth-order valence-electron chi connectivity index (χ4n) is 2.06. The molecular weight excluding hydrogens is 252 g/mol. The number of benzene rings is 1. The Morgan fingerprint density at radius 3 is 2.94 bits per heavy atom. The van der Waals surface area contributed by atoms with Crippen LogP contribution in [0.5, 0.6) is 0 Å². The molecule has 0 spiro atoms. The molecule has 0 aromatic heterocycles. The van der Waals surface area contributed by atoms with E-state index in [9.17, 15) is 9.90 Å². The first-order valence-corrected chi connectivity index (χ1v) is 6.47. The van der Waals surface area contributed by atoms with Crippen LogP contribution in [0.4, 0.5) is 0 Å². The van der Waals surface area contributed by atoms with Gasteiger partial charge in [-0.15, -0.1) is 0 Å². The van der Waals surface area contributed by atoms with Crippen LogP contribution in [0.3, 0.4) is 0 Å². The molecule has 1 aromatic rings. The molecule has 3 N–H and O–H groups in total. The van der Waals surface area contributed by atoms with Crippen molar-refractivity contribution in [1.82, 2.24) is 10.6 Å². The van der Waals surface area contributed by atoms with E-state index in [-0.39, 0.29) is 11.9 Å². The summed E-state index contributed by atoms with van der Waals surface area (Å²) < 4.78 is 0. The Labute approximate surface area is 111 Å². The molecule has 98 valence electrons. The molecule has 1 heterocycles. The zero-order valence-corrected chi connectivity index (χ0v) is 10.8. The van der Waals surface area contributed by atoms with Gasteiger partial charge >= 0.3 is 0 Å². The monoisotopic (exact) mass is 268 g/mol. The molecule has 2 atom stereocenters. The van der Waals surface area contributed by atoms with Crippen molar-refractivity contribution in [2.24, 2.45) is 0 Å². The molecule has 18 heavy (non-hydrogen) atoms. The highest BCUT2D eigenvalue weighted by atomic mass is 35.5. The third-order valence-electron chi connectivity index (χ3n) is 3.08. The molecule has 1 saturated heterocycles. The van der Waals surface area contributed by atoms with Gasteiger partial charge in [-0.05, 0) is 24.5 Å². The van der Waals surface area contributed by atoms with Crippen LogP contribution >= 0.6 is 11.6 Å². The summed E-state index contributed by atoms with van der Waals surface area (Å²) in [5, 5.41) is 15.9. The number of nitrogens with one attached hydrogen (secondary N) is 2. The second kappa shape index (κ2) is 6.18. The van der Waals surface area contributed by atoms with E-state index in [1.54, 1.807) is 0 Å². The van der Waals surface area contributed by atoms with E-state index in [0.717, 1.165) is 10.6 Å². The highest BCUT2D eigenvalue weighted by Gasteiger charge is 2.27. The fraction of sp³-hybridized carbons (Fsp3) is 0.462. The number of hydrogen-bond donors (Lipinski definition) is 3. The molecule has 1 fully saturated rings. The fourth-order valence-corrected chi connectivity index (χ4v) is 2.29. The number of halogens is 1. The second-order valence-corrected chi connectivity index (χ2v) is 4.89. The Kier molecular flexibility index (Phi) is 4.58. The summed E-state index contributed by atoms with van der Waals surface area (Å²) in [7, 11) is 0. The van der Waals surface area contributed by atoms with Gasteiger partial charge in [-0.2, -0.15) is 0 Å². The van der Waals surface area contributed by atoms with Crippen molar-refractivity contribution in [3.05, 3.63) is 34.9 Å². The van der Waals surface area contributed by atoms with Crippen LogP contribution in [0.25, 0.3) is 0 Å². The quantitative estimate of drug-likeness (QED) is 0.754. The first-order chi connectivity index (χ1) is 8.66. The molecule has 0 radical (unpaired) electrons. The van der Waals surface area contributed by atoms with E-state index in [4.69, 9.17) is 11.6 Å². The van der Waals surface area contributed by atoms with Gasteiger partial charge in [0.05, 0.1) is 12.1 Å². The zero-order valence-electron chi connectivity index (χ0n) is 10.0. The number of β-amino-alcohol motifs (C(OH)–C–C–N with tert-alkyl or cyclic N) is 1. The van der Waals surface area contributed by atoms with Crippen molar-refractivity contribution in [1.29, 1.82) is 0 Å². The highest BCUT2D eigenvalue weighted by molar-refractivity contribution is 6.31. The summed E-state index contributed by atoms with van der Waals surface area (Å²) in [6.45, 7) is 1.04. The third-order valence-corrected chi connectivity index (χ3v) is 3.44. The lowest BCUT2D eigenvalue weighted by Crippen LogP contribution is -2.41. The summed E-state index contributed by atoms with van der Waals surface area (Å²) >= 11 is 6.03. The van der Waals surface area contributed by atoms with Crippen molar-refractivity contribution >= 4 is 17.5 Å². The molecule has 4 nitrogen and oxygen atoms in total. The average Bonchev–Trinajstić information content (AvgIpc) is 2.78. The third kappa shape index (κ3) is 3.45. The number of aliphatic hydroxyl groups excluding tert-OH is 1. The Bertz CT molecular complexity index is 425. The van der Waals surface area contributed by atoms with Crippen LogP contribution in [0.15, 0.2) is 24.3 Å². The molecule has 0 unspecified atom stereocenters. The summed E-state index contributed by atoms with van der Waals surface area (Å²) in [6.07, 6.45) is 0.780. The molecule has 1 aliphatic rings. The minimum atomic E-state index is -0.413. The Morgan fingerprint density at radius 2 is 2.28 bits per heavy atom. The van der Waals surface area contributed by atoms with Gasteiger partial charge in [-0.1, -0.05) is 29.8 Å². The van der Waals surface area contributed by atoms with Crippen LogP contribution in [-0.2, 0) is 11.2 Å². The van der Waals surface area contributed by atoms with Crippen LogP contribution in [0, 0.1) is 0 Å². The van der Waals surface area contributed by atoms with Crippen molar-refractivity contribution < 1.29 is 9.90 Å². The normalized spacial score (nSPS) is 23.0. The van der Waals surface area contributed by atoms with E-state index in [0.29, 0.717) is 25.9 Å². The predicted molar refractivity (Wildman–Crippen MR) is 70.6 cm³/mol. The molecular formula is C13H17ClN2O2. The molecule has 1 amide bonds. The van der Waals surface area contributed by atoms with Crippen molar-refractivity contribution in [3.8, 4) is 0 Å². The maximum absolute atomic E-state index is 11.7. The van der Waals surface area contributed by atoms with Gasteiger partial charge in [0.15, 0.2) is 0 Å². The predicted octanol–water partition coefficient (Wildman–Crippen LogP) is 0.721. The van der Waals surface area contributed by atoms with Crippen LogP contribution in [-0.4, -0.2) is 36.2 Å². The number of aliphatic hydroxyl groups is 1. The van der Waals surface area contributed by atoms with Gasteiger partial charge in [0.1, 0.15) is 0 Å². The largest absolute Gasteiger partial charge is 0.392 e. The van der Waals surface area contributed by atoms with E-state index >= 15 is 0 Å². The summed E-state index contributed by atoms with van der Waals surface area (Å²) in [4.78, 5) is 11.7. The van der Waals surface area contributed by atoms with Gasteiger partial charge in [0, 0.05) is 18.1 Å². The molecule has 0 saturated carbocycles. The summed E-state index contributed by atoms with van der Waals surface area (Å²) in [5.74, 6) is -0.0568. The van der Waals surface area contributed by atoms with Gasteiger partial charge in [-0.25, -0.2) is 0 Å². The molecule has 5 heteroatoms. The molecule has 1 aliphatic heterocycles. The number of carbonyl (C=O) groups excluding carboxylic acids is 1. The standard InChI is InChI=1S/C13H17ClN2O2/c14-11-4-2-1-3-9(11)5-6-15-13(18)12-7-10(17)8-16-12/h1-4,10,12,16-17H,5-8H2,(H,15,18)/t10-,12-/m1/s1. The van der Waals surface area contributed by atoms with Crippen molar-refractivity contribution in [2.45, 2.75) is 25.0 Å². The Hall–Kier alpha value is -1.10. The number of hydrogen-bond acceptors (Lipinski definition) is 3. The SMILES string of the molecule is O=C(NCCc1ccccc1Cl)[C@H]1C[C@@H](O)CN1. The molecule has 0 bridgehead atoms. The lowest BCUT2D eigenvalue weighted by molar-refractivity contribution is -0.122. The Balaban J connectivity index is 1.75. The first-order valence-electron chi connectivity index (χ1n) is 6.09. The minimum Gasteiger partial charge on any atom is -0.392 e. The lowest BCUT2D eigenvalue weighted by Gasteiger charge is -2.11. The van der Waals surface area contributed by atoms with Gasteiger partial charge in [-0.3, -0.25) is 4.79 Å². The number of rotatable bonds is 4. The van der Waals surface area contributed by atoms with Crippen molar-refractivity contribution in [2.75, 3.05) is 13.1 Å². The molecule has 2 rings (SSSR count). The molecule has 0 aliphatic carbocycles. The number of carbonyl (C=O) groups is 1. The Morgan fingerprint density at radius 1 is 1.50 bits per heavy atom. The zero-order chi connectivity index (χ0) is 13.0. The highest BCUT2D eigenvalue weighted by Crippen LogP contribution is 2.14. The van der Waals surface area contributed by atoms with Gasteiger partial charge < -0.3 is 15.7 Å². The second-order valence-electron chi connectivity index (χ2n) is 4.48. The van der Waals surface area contributed by atoms with Crippen LogP contribution in [0.2, 0.25) is 5.02 Å². The lowest BCUT2D eigenvalue weighted by atomic mass is 10.1. The van der Waals surface area contributed by atoms with Crippen LogP contribution in [0.1, 0.15) is 12.0 Å². The van der Waals surface area contributed by atoms with E-state index in [1.807, 2.05) is 24.3 Å². The summed E-state index contributed by atoms with van der Waals surface area (Å²) in [6, 6.07) is 7.33. The van der Waals surface area contributed by atoms with Crippen LogP contribution < -0.4 is 10.6 Å². The maximum atomic E-state index is 11.7. The minimum absolute atomic E-state index is 0.0568. The van der Waals surface area contributed by atoms with E-state index in [2.05, 4.69) is 10.6 Å². The van der Waals surface area contributed by atoms with Gasteiger partial charge in [0.2, 0.25) is 5.91 Å². The molecule has 1 aromatic carbocycles. The van der Waals surface area contributed by atoms with Crippen molar-refractivity contribution in [3.63, 3.8) is 0 Å². The average molecular weight is 269 g/mol. The topological polar surface area (TPSA) is 61.4 Å². The van der Waals surface area contributed by atoms with E-state index < -0.39 is 6.10 Å². The summed E-state index contributed by atoms with van der Waals surface area (Å²) in [5.41, 5.74) is 1.03. The van der Waals surface area contributed by atoms with Gasteiger partial charge in [0.25, 0.3) is 0 Å². The van der Waals surface area contributed by atoms with E-state index in [1.165, 1.54) is 0 Å². The smallest absolute Gasteiger partial charge is 0.237 e. The maximum Gasteiger partial charge on any atom is 0.237 e. The number of amides is 1.